The number of nitrogens with two attached hydrogens (primary N) is 1. The Labute approximate surface area is 206 Å². The van der Waals surface area contributed by atoms with E-state index >= 15 is 0 Å². The van der Waals surface area contributed by atoms with Crippen LogP contribution >= 0.6 is 11.6 Å². The number of aliphatic hydroxyl groups is 1. The number of aliphatic hydroxyl groups excluding tert-OH is 1. The van der Waals surface area contributed by atoms with E-state index in [1.807, 2.05) is 17.6 Å². The first-order valence-corrected chi connectivity index (χ1v) is 11.6. The molecule has 1 fully saturated rings. The first kappa shape index (κ1) is 24.6. The van der Waals surface area contributed by atoms with E-state index in [1.165, 1.54) is 6.07 Å². The van der Waals surface area contributed by atoms with Gasteiger partial charge in [-0.2, -0.15) is 10.2 Å². The van der Waals surface area contributed by atoms with Crippen molar-refractivity contribution in [3.05, 3.63) is 34.7 Å². The summed E-state index contributed by atoms with van der Waals surface area (Å²) in [5.74, 6) is -0.405. The molecule has 12 heteroatoms. The zero-order valence-electron chi connectivity index (χ0n) is 19.3. The average Bonchev–Trinajstić information content (AvgIpc) is 3.18. The van der Waals surface area contributed by atoms with Gasteiger partial charge in [-0.25, -0.2) is 14.4 Å². The molecule has 1 saturated carbocycles. The van der Waals surface area contributed by atoms with Crippen molar-refractivity contribution in [2.75, 3.05) is 17.2 Å². The molecule has 0 spiro atoms. The minimum Gasteiger partial charge on any atom is -0.394 e. The Morgan fingerprint density at radius 2 is 2.14 bits per heavy atom. The monoisotopic (exact) mass is 500 g/mol. The molecule has 3 aromatic rings. The number of nitrogens with zero attached hydrogens (tertiary/aromatic N) is 5. The summed E-state index contributed by atoms with van der Waals surface area (Å²) < 4.78 is 16.7. The first-order valence-electron chi connectivity index (χ1n) is 11.2. The third kappa shape index (κ3) is 4.85. The van der Waals surface area contributed by atoms with Crippen LogP contribution in [0, 0.1) is 22.6 Å². The van der Waals surface area contributed by atoms with Crippen LogP contribution in [0.1, 0.15) is 51.1 Å². The zero-order valence-corrected chi connectivity index (χ0v) is 20.1. The fourth-order valence-electron chi connectivity index (χ4n) is 4.27. The maximum absolute atomic E-state index is 14.8. The molecule has 1 aliphatic rings. The van der Waals surface area contributed by atoms with Gasteiger partial charge in [-0.1, -0.05) is 18.5 Å². The molecule has 2 aromatic heterocycles. The molecule has 1 atom stereocenters. The van der Waals surface area contributed by atoms with Crippen molar-refractivity contribution in [3.8, 4) is 6.07 Å². The molecule has 0 saturated heterocycles. The predicted octanol–water partition coefficient (Wildman–Crippen LogP) is 3.63. The SMILES string of the molecule is C[C@@H](CO)Nc1ncc2nc(Nc3c(F)cc(C#N)cc3Cl)n(C3CCC(C)(C(N)=O)CC3)c2n1. The van der Waals surface area contributed by atoms with Crippen molar-refractivity contribution < 1.29 is 14.3 Å². The highest BCUT2D eigenvalue weighted by molar-refractivity contribution is 6.33. The van der Waals surface area contributed by atoms with Crippen molar-refractivity contribution in [2.45, 2.75) is 51.6 Å². The van der Waals surface area contributed by atoms with Gasteiger partial charge in [0.05, 0.1) is 35.1 Å². The molecule has 1 aliphatic carbocycles. The smallest absolute Gasteiger partial charge is 0.225 e. The molecule has 4 rings (SSSR count). The number of imidazole rings is 1. The van der Waals surface area contributed by atoms with Crippen molar-refractivity contribution in [1.82, 2.24) is 19.5 Å². The number of halogens is 2. The van der Waals surface area contributed by atoms with Crippen LogP contribution in [0.25, 0.3) is 11.2 Å². The van der Waals surface area contributed by atoms with E-state index in [9.17, 15) is 14.3 Å². The van der Waals surface area contributed by atoms with Gasteiger partial charge >= 0.3 is 0 Å². The standard InChI is InChI=1S/C23H26ClFN8O2/c1-12(11-34)29-21-28-10-17-19(32-21)33(14-3-5-23(2,6-4-14)20(27)35)22(30-17)31-18-15(24)7-13(9-26)8-16(18)25/h7-8,10,12,14,34H,3-6,11H2,1-2H3,(H2,27,35)(H,30,31)(H,28,29,32)/t12-,14?,23?/m0/s1. The van der Waals surface area contributed by atoms with E-state index in [4.69, 9.17) is 22.6 Å². The number of nitrogens with one attached hydrogen (secondary N) is 2. The summed E-state index contributed by atoms with van der Waals surface area (Å²) >= 11 is 6.27. The minimum absolute atomic E-state index is 0.0137. The van der Waals surface area contributed by atoms with E-state index in [1.54, 1.807) is 13.1 Å². The molecule has 0 unspecified atom stereocenters. The Morgan fingerprint density at radius 3 is 2.74 bits per heavy atom. The van der Waals surface area contributed by atoms with Gasteiger partial charge in [0.1, 0.15) is 11.3 Å². The molecule has 35 heavy (non-hydrogen) atoms. The Morgan fingerprint density at radius 1 is 1.43 bits per heavy atom. The topological polar surface area (TPSA) is 155 Å². The van der Waals surface area contributed by atoms with E-state index in [2.05, 4.69) is 25.6 Å². The first-order chi connectivity index (χ1) is 16.6. The van der Waals surface area contributed by atoms with Crippen molar-refractivity contribution in [3.63, 3.8) is 0 Å². The fourth-order valence-corrected chi connectivity index (χ4v) is 4.53. The quantitative estimate of drug-likeness (QED) is 0.383. The van der Waals surface area contributed by atoms with E-state index in [-0.39, 0.29) is 40.9 Å². The number of amides is 1. The highest BCUT2D eigenvalue weighted by Crippen LogP contribution is 2.43. The fraction of sp³-hybridized carbons (Fsp3) is 0.435. The average molecular weight is 501 g/mol. The molecule has 2 heterocycles. The number of carbonyl (C=O) groups is 1. The van der Waals surface area contributed by atoms with Gasteiger partial charge in [0.25, 0.3) is 0 Å². The molecule has 10 nitrogen and oxygen atoms in total. The van der Waals surface area contributed by atoms with Crippen LogP contribution in [0.15, 0.2) is 18.3 Å². The largest absolute Gasteiger partial charge is 0.394 e. The van der Waals surface area contributed by atoms with Crippen LogP contribution in [-0.4, -0.2) is 43.2 Å². The van der Waals surface area contributed by atoms with E-state index in [0.29, 0.717) is 48.7 Å². The molecule has 1 amide bonds. The highest BCUT2D eigenvalue weighted by Gasteiger charge is 2.37. The van der Waals surface area contributed by atoms with Crippen LogP contribution < -0.4 is 16.4 Å². The van der Waals surface area contributed by atoms with Crippen LogP contribution in [0.5, 0.6) is 0 Å². The summed E-state index contributed by atoms with van der Waals surface area (Å²) in [6, 6.07) is 3.97. The van der Waals surface area contributed by atoms with Crippen LogP contribution in [0.3, 0.4) is 0 Å². The van der Waals surface area contributed by atoms with Gasteiger partial charge in [-0.15, -0.1) is 0 Å². The number of anilines is 3. The van der Waals surface area contributed by atoms with Gasteiger partial charge in [-0.05, 0) is 44.7 Å². The van der Waals surface area contributed by atoms with Crippen LogP contribution in [-0.2, 0) is 4.79 Å². The van der Waals surface area contributed by atoms with Crippen molar-refractivity contribution >= 4 is 46.3 Å². The molecular formula is C23H26ClFN8O2. The second-order valence-corrected chi connectivity index (χ2v) is 9.55. The van der Waals surface area contributed by atoms with Crippen LogP contribution in [0.2, 0.25) is 5.02 Å². The Kier molecular flexibility index (Phi) is 6.78. The number of hydrogen-bond donors (Lipinski definition) is 4. The van der Waals surface area contributed by atoms with Crippen molar-refractivity contribution in [1.29, 1.82) is 5.26 Å². The maximum Gasteiger partial charge on any atom is 0.225 e. The Bertz CT molecular complexity index is 1290. The van der Waals surface area contributed by atoms with Gasteiger partial charge < -0.3 is 21.5 Å². The third-order valence-corrected chi connectivity index (χ3v) is 6.81. The van der Waals surface area contributed by atoms with Gasteiger partial charge in [0, 0.05) is 17.5 Å². The Hall–Kier alpha value is -3.49. The van der Waals surface area contributed by atoms with Gasteiger partial charge in [-0.3, -0.25) is 9.36 Å². The van der Waals surface area contributed by atoms with Gasteiger partial charge in [0.2, 0.25) is 17.8 Å². The number of nitriles is 1. The molecule has 0 bridgehead atoms. The Balaban J connectivity index is 1.78. The number of primary amides is 1. The molecule has 184 valence electrons. The number of rotatable bonds is 7. The molecule has 1 aromatic carbocycles. The summed E-state index contributed by atoms with van der Waals surface area (Å²) in [6.45, 7) is 3.56. The van der Waals surface area contributed by atoms with Crippen molar-refractivity contribution in [2.24, 2.45) is 11.1 Å². The maximum atomic E-state index is 14.8. The lowest BCUT2D eigenvalue weighted by Crippen LogP contribution is -2.38. The second kappa shape index (κ2) is 9.64. The number of carbonyl (C=O) groups excluding carboxylic acids is 1. The summed E-state index contributed by atoms with van der Waals surface area (Å²) in [5.41, 5.74) is 6.10. The number of aromatic nitrogens is 4. The minimum atomic E-state index is -0.692. The molecule has 0 radical (unpaired) electrons. The summed E-state index contributed by atoms with van der Waals surface area (Å²) in [6.07, 6.45) is 3.96. The third-order valence-electron chi connectivity index (χ3n) is 6.51. The zero-order chi connectivity index (χ0) is 25.3. The number of hydrogen-bond acceptors (Lipinski definition) is 8. The second-order valence-electron chi connectivity index (χ2n) is 9.14. The molecule has 5 N–H and O–H groups in total. The predicted molar refractivity (Wildman–Crippen MR) is 130 cm³/mol. The van der Waals surface area contributed by atoms with Gasteiger partial charge in [0.15, 0.2) is 5.65 Å². The lowest BCUT2D eigenvalue weighted by Gasteiger charge is -2.35. The van der Waals surface area contributed by atoms with Crippen LogP contribution in [0.4, 0.5) is 22.0 Å². The van der Waals surface area contributed by atoms with E-state index < -0.39 is 11.2 Å². The summed E-state index contributed by atoms with van der Waals surface area (Å²) in [5, 5.41) is 24.5. The normalized spacial score (nSPS) is 20.9. The number of fused-ring (bicyclic) bond motifs is 1. The van der Waals surface area contributed by atoms with E-state index in [0.717, 1.165) is 6.07 Å². The molecular weight excluding hydrogens is 475 g/mol. The molecule has 0 aliphatic heterocycles. The highest BCUT2D eigenvalue weighted by atomic mass is 35.5. The summed E-state index contributed by atoms with van der Waals surface area (Å²) in [7, 11) is 0. The lowest BCUT2D eigenvalue weighted by atomic mass is 9.73. The summed E-state index contributed by atoms with van der Waals surface area (Å²) in [4.78, 5) is 25.4. The number of benzene rings is 1. The lowest BCUT2D eigenvalue weighted by molar-refractivity contribution is -0.128.